The van der Waals surface area contributed by atoms with Gasteiger partial charge in [-0.15, -0.1) is 0 Å². The highest BCUT2D eigenvalue weighted by atomic mass is 16.5. The molecule has 3 aromatic rings. The van der Waals surface area contributed by atoms with Crippen molar-refractivity contribution in [2.45, 2.75) is 57.2 Å². The highest BCUT2D eigenvalue weighted by molar-refractivity contribution is 6.05. The maximum absolute atomic E-state index is 12.8. The van der Waals surface area contributed by atoms with Crippen LogP contribution in [0.4, 0.5) is 5.69 Å². The van der Waals surface area contributed by atoms with Gasteiger partial charge in [0.2, 0.25) is 0 Å². The number of carbonyl (C=O) groups is 1. The molecule has 0 bridgehead atoms. The fourth-order valence-corrected chi connectivity index (χ4v) is 5.18. The van der Waals surface area contributed by atoms with E-state index in [1.165, 1.54) is 5.69 Å². The van der Waals surface area contributed by atoms with Gasteiger partial charge >= 0.3 is 0 Å². The smallest absolute Gasteiger partial charge is 0.255 e. The second-order valence-electron chi connectivity index (χ2n) is 10.6. The minimum absolute atomic E-state index is 0.143. The van der Waals surface area contributed by atoms with Gasteiger partial charge in [0.25, 0.3) is 5.91 Å². The topological polar surface area (TPSA) is 84.8 Å². The number of hydrogen-bond donors (Lipinski definition) is 3. The van der Waals surface area contributed by atoms with E-state index in [4.69, 9.17) is 9.47 Å². The van der Waals surface area contributed by atoms with Crippen LogP contribution in [-0.2, 0) is 18.3 Å². The number of carbonyl (C=O) groups excluding carboxylic acids is 1. The molecule has 36 heavy (non-hydrogen) atoms. The molecule has 1 unspecified atom stereocenters. The summed E-state index contributed by atoms with van der Waals surface area (Å²) in [6.07, 6.45) is 4.71. The number of benzene rings is 2. The Morgan fingerprint density at radius 1 is 1.14 bits per heavy atom. The van der Waals surface area contributed by atoms with Crippen molar-refractivity contribution in [2.75, 3.05) is 25.1 Å². The lowest BCUT2D eigenvalue weighted by Gasteiger charge is -2.33. The number of amides is 1. The minimum atomic E-state index is -0.515. The number of hydrogen-bond acceptors (Lipinski definition) is 5. The number of rotatable bonds is 8. The Hall–Kier alpha value is -2.87. The normalized spacial score (nSPS) is 24.2. The Balaban J connectivity index is 1.17. The summed E-state index contributed by atoms with van der Waals surface area (Å²) in [4.78, 5) is 12.8. The van der Waals surface area contributed by atoms with E-state index < -0.39 is 5.60 Å². The van der Waals surface area contributed by atoms with E-state index in [9.17, 15) is 9.90 Å². The number of nitrogens with one attached hydrogen (secondary N) is 2. The number of ether oxygens (including phenoxy) is 2. The van der Waals surface area contributed by atoms with Gasteiger partial charge in [0, 0.05) is 60.0 Å². The summed E-state index contributed by atoms with van der Waals surface area (Å²) in [7, 11) is 2.08. The third-order valence-corrected chi connectivity index (χ3v) is 7.66. The van der Waals surface area contributed by atoms with Crippen molar-refractivity contribution in [3.05, 3.63) is 59.8 Å². The molecule has 1 aromatic heterocycles. The van der Waals surface area contributed by atoms with Crippen molar-refractivity contribution in [1.29, 1.82) is 0 Å². The summed E-state index contributed by atoms with van der Waals surface area (Å²) in [6.45, 7) is 4.92. The number of aliphatic hydroxyl groups is 1. The van der Waals surface area contributed by atoms with Crippen LogP contribution in [0, 0.1) is 5.92 Å². The van der Waals surface area contributed by atoms with Crippen LogP contribution < -0.4 is 15.4 Å². The SMILES string of the molecule is Cn1c(CN[C@H]2CC[C@](C)(O)CC2)cc2cc(NC(=O)c3ccc(OCC4CCOC4)cc3)ccc21. The molecular weight excluding hydrogens is 454 g/mol. The van der Waals surface area contributed by atoms with E-state index in [-0.39, 0.29) is 5.91 Å². The fraction of sp³-hybridized carbons (Fsp3) is 0.483. The van der Waals surface area contributed by atoms with Gasteiger partial charge in [0.1, 0.15) is 5.75 Å². The van der Waals surface area contributed by atoms with Crippen molar-refractivity contribution in [3.8, 4) is 5.75 Å². The molecule has 7 heteroatoms. The third kappa shape index (κ3) is 5.91. The molecule has 2 aromatic carbocycles. The Bertz CT molecular complexity index is 1190. The third-order valence-electron chi connectivity index (χ3n) is 7.66. The molecule has 2 fully saturated rings. The van der Waals surface area contributed by atoms with E-state index in [0.717, 1.165) is 74.2 Å². The van der Waals surface area contributed by atoms with Crippen LogP contribution in [0.1, 0.15) is 55.1 Å². The van der Waals surface area contributed by atoms with Gasteiger partial charge in [-0.3, -0.25) is 4.79 Å². The molecule has 0 spiro atoms. The maximum Gasteiger partial charge on any atom is 0.255 e. The van der Waals surface area contributed by atoms with Crippen molar-refractivity contribution in [3.63, 3.8) is 0 Å². The number of aromatic nitrogens is 1. The number of fused-ring (bicyclic) bond motifs is 1. The monoisotopic (exact) mass is 491 g/mol. The second-order valence-corrected chi connectivity index (χ2v) is 10.6. The van der Waals surface area contributed by atoms with Gasteiger partial charge in [-0.1, -0.05) is 0 Å². The zero-order valence-corrected chi connectivity index (χ0v) is 21.3. The van der Waals surface area contributed by atoms with Crippen molar-refractivity contribution in [2.24, 2.45) is 13.0 Å². The minimum Gasteiger partial charge on any atom is -0.493 e. The molecular formula is C29H37N3O4. The summed E-state index contributed by atoms with van der Waals surface area (Å²) in [5, 5.41) is 18.0. The van der Waals surface area contributed by atoms with Gasteiger partial charge in [-0.2, -0.15) is 0 Å². The zero-order chi connectivity index (χ0) is 25.1. The molecule has 1 atom stereocenters. The number of aryl methyl sites for hydroxylation is 1. The van der Waals surface area contributed by atoms with Gasteiger partial charge in [0.15, 0.2) is 0 Å². The Morgan fingerprint density at radius 3 is 2.64 bits per heavy atom. The molecule has 7 nitrogen and oxygen atoms in total. The molecule has 1 amide bonds. The van der Waals surface area contributed by atoms with Crippen molar-refractivity contribution in [1.82, 2.24) is 9.88 Å². The second kappa shape index (κ2) is 10.6. The molecule has 2 heterocycles. The molecule has 1 saturated carbocycles. The zero-order valence-electron chi connectivity index (χ0n) is 21.3. The lowest BCUT2D eigenvalue weighted by molar-refractivity contribution is 0.0139. The average molecular weight is 492 g/mol. The molecule has 0 radical (unpaired) electrons. The number of anilines is 1. The first kappa shape index (κ1) is 24.8. The summed E-state index contributed by atoms with van der Waals surface area (Å²) in [6, 6.07) is 15.9. The van der Waals surface area contributed by atoms with Crippen molar-refractivity contribution >= 4 is 22.5 Å². The molecule has 1 aliphatic heterocycles. The maximum atomic E-state index is 12.8. The summed E-state index contributed by atoms with van der Waals surface area (Å²) < 4.78 is 13.4. The predicted molar refractivity (Wildman–Crippen MR) is 141 cm³/mol. The summed E-state index contributed by atoms with van der Waals surface area (Å²) in [5.74, 6) is 1.07. The molecule has 1 saturated heterocycles. The van der Waals surface area contributed by atoms with Gasteiger partial charge in [0.05, 0.1) is 18.8 Å². The van der Waals surface area contributed by atoms with Crippen LogP contribution in [0.2, 0.25) is 0 Å². The Labute approximate surface area is 212 Å². The van der Waals surface area contributed by atoms with E-state index in [1.54, 1.807) is 12.1 Å². The van der Waals surface area contributed by atoms with Crippen LogP contribution in [-0.4, -0.2) is 47.0 Å². The first-order valence-electron chi connectivity index (χ1n) is 13.0. The first-order chi connectivity index (χ1) is 17.4. The summed E-state index contributed by atoms with van der Waals surface area (Å²) >= 11 is 0. The van der Waals surface area contributed by atoms with Gasteiger partial charge < -0.3 is 29.8 Å². The Morgan fingerprint density at radius 2 is 1.92 bits per heavy atom. The van der Waals surface area contributed by atoms with E-state index in [2.05, 4.69) is 34.4 Å². The average Bonchev–Trinajstić information content (AvgIpc) is 3.50. The molecule has 2 aliphatic rings. The van der Waals surface area contributed by atoms with Gasteiger partial charge in [-0.25, -0.2) is 0 Å². The summed E-state index contributed by atoms with van der Waals surface area (Å²) in [5.41, 5.74) is 3.18. The highest BCUT2D eigenvalue weighted by Crippen LogP contribution is 2.28. The first-order valence-corrected chi connectivity index (χ1v) is 13.0. The van der Waals surface area contributed by atoms with Crippen LogP contribution in [0.5, 0.6) is 5.75 Å². The fourth-order valence-electron chi connectivity index (χ4n) is 5.18. The van der Waals surface area contributed by atoms with Crippen LogP contribution >= 0.6 is 0 Å². The lowest BCUT2D eigenvalue weighted by atomic mass is 9.84. The van der Waals surface area contributed by atoms with E-state index in [0.29, 0.717) is 24.1 Å². The van der Waals surface area contributed by atoms with Gasteiger partial charge in [-0.05, 0) is 87.6 Å². The van der Waals surface area contributed by atoms with Crippen molar-refractivity contribution < 1.29 is 19.4 Å². The molecule has 3 N–H and O–H groups in total. The Kier molecular flexibility index (Phi) is 7.32. The lowest BCUT2D eigenvalue weighted by Crippen LogP contribution is -2.39. The van der Waals surface area contributed by atoms with E-state index in [1.807, 2.05) is 31.2 Å². The molecule has 1 aliphatic carbocycles. The van der Waals surface area contributed by atoms with E-state index >= 15 is 0 Å². The molecule has 192 valence electrons. The molecule has 5 rings (SSSR count). The number of nitrogens with zero attached hydrogens (tertiary/aromatic N) is 1. The predicted octanol–water partition coefficient (Wildman–Crippen LogP) is 4.63. The van der Waals surface area contributed by atoms with Crippen LogP contribution in [0.3, 0.4) is 0 Å². The van der Waals surface area contributed by atoms with Crippen LogP contribution in [0.25, 0.3) is 10.9 Å². The largest absolute Gasteiger partial charge is 0.493 e. The quantitative estimate of drug-likeness (QED) is 0.428. The highest BCUT2D eigenvalue weighted by Gasteiger charge is 2.28. The van der Waals surface area contributed by atoms with Crippen LogP contribution in [0.15, 0.2) is 48.5 Å². The standard InChI is InChI=1S/C29H37N3O4/c1-29(34)12-9-23(10-13-29)30-17-25-16-22-15-24(5-8-27(22)32(25)2)31-28(33)21-3-6-26(7-4-21)36-19-20-11-14-35-18-20/h3-8,15-16,20,23,30,34H,9-14,17-19H2,1-2H3,(H,31,33)/t20?,23-,29-.